The normalized spacial score (nSPS) is 16.6. The van der Waals surface area contributed by atoms with Gasteiger partial charge in [-0.05, 0) is 25.0 Å². The zero-order valence-corrected chi connectivity index (χ0v) is 11.2. The first-order valence-electron chi connectivity index (χ1n) is 6.85. The van der Waals surface area contributed by atoms with Gasteiger partial charge in [0.25, 0.3) is 0 Å². The van der Waals surface area contributed by atoms with Crippen molar-refractivity contribution in [2.75, 3.05) is 18.0 Å². The quantitative estimate of drug-likeness (QED) is 0.860. The number of piperidine rings is 1. The number of hydrogen-bond donors (Lipinski definition) is 2. The first kappa shape index (κ1) is 12.9. The molecule has 2 aromatic rings. The highest BCUT2D eigenvalue weighted by Gasteiger charge is 2.19. The number of anilines is 1. The molecule has 1 aliphatic rings. The van der Waals surface area contributed by atoms with Crippen LogP contribution >= 0.6 is 0 Å². The molecule has 0 unspecified atom stereocenters. The lowest BCUT2D eigenvalue weighted by Gasteiger charge is -2.31. The van der Waals surface area contributed by atoms with Gasteiger partial charge in [0.15, 0.2) is 0 Å². The lowest BCUT2D eigenvalue weighted by Crippen LogP contribution is -2.40. The average Bonchev–Trinajstić information content (AvgIpc) is 2.46. The van der Waals surface area contributed by atoms with E-state index in [9.17, 15) is 4.79 Å². The Balaban J connectivity index is 2.06. The molecule has 0 aliphatic carbocycles. The Morgan fingerprint density at radius 1 is 1.25 bits per heavy atom. The molecule has 5 nitrogen and oxygen atoms in total. The van der Waals surface area contributed by atoms with Crippen LogP contribution in [0.25, 0.3) is 10.9 Å². The van der Waals surface area contributed by atoms with Crippen LogP contribution in [0.2, 0.25) is 0 Å². The molecule has 5 heteroatoms. The third-order valence-electron chi connectivity index (χ3n) is 3.83. The summed E-state index contributed by atoms with van der Waals surface area (Å²) in [6.07, 6.45) is 1.89. The van der Waals surface area contributed by atoms with Gasteiger partial charge in [-0.1, -0.05) is 18.2 Å². The number of benzene rings is 1. The summed E-state index contributed by atoms with van der Waals surface area (Å²) < 4.78 is 0. The molecule has 2 heterocycles. The summed E-state index contributed by atoms with van der Waals surface area (Å²) in [6.45, 7) is 1.73. The number of carbonyl (C=O) groups is 1. The summed E-state index contributed by atoms with van der Waals surface area (Å²) in [5.74, 6) is 0.392. The average molecular weight is 270 g/mol. The van der Waals surface area contributed by atoms with Gasteiger partial charge in [0.1, 0.15) is 5.82 Å². The van der Waals surface area contributed by atoms with Gasteiger partial charge in [-0.15, -0.1) is 0 Å². The summed E-state index contributed by atoms with van der Waals surface area (Å²) in [7, 11) is 0. The van der Waals surface area contributed by atoms with Crippen LogP contribution in [0.15, 0.2) is 30.3 Å². The van der Waals surface area contributed by atoms with Crippen LogP contribution in [0.1, 0.15) is 23.2 Å². The molecular formula is C15H18N4O. The van der Waals surface area contributed by atoms with Crippen molar-refractivity contribution in [2.45, 2.75) is 18.9 Å². The third kappa shape index (κ3) is 2.32. The van der Waals surface area contributed by atoms with E-state index in [0.717, 1.165) is 42.7 Å². The van der Waals surface area contributed by atoms with Crippen LogP contribution in [0.4, 0.5) is 5.82 Å². The van der Waals surface area contributed by atoms with Crippen LogP contribution in [-0.4, -0.2) is 30.0 Å². The van der Waals surface area contributed by atoms with Crippen molar-refractivity contribution in [1.29, 1.82) is 0 Å². The number of primary amides is 1. The van der Waals surface area contributed by atoms with Crippen LogP contribution in [-0.2, 0) is 0 Å². The molecule has 1 amide bonds. The fourth-order valence-electron chi connectivity index (χ4n) is 2.66. The van der Waals surface area contributed by atoms with Crippen LogP contribution < -0.4 is 16.4 Å². The Morgan fingerprint density at radius 2 is 1.95 bits per heavy atom. The molecule has 20 heavy (non-hydrogen) atoms. The van der Waals surface area contributed by atoms with Gasteiger partial charge in [0.05, 0.1) is 11.1 Å². The Hall–Kier alpha value is -2.14. The molecule has 0 atom stereocenters. The Labute approximate surface area is 117 Å². The van der Waals surface area contributed by atoms with Crippen molar-refractivity contribution >= 4 is 22.6 Å². The van der Waals surface area contributed by atoms with E-state index in [1.54, 1.807) is 6.07 Å². The Bertz CT molecular complexity index is 647. The van der Waals surface area contributed by atoms with E-state index in [-0.39, 0.29) is 6.04 Å². The number of pyridine rings is 1. The molecule has 0 spiro atoms. The van der Waals surface area contributed by atoms with Gasteiger partial charge >= 0.3 is 0 Å². The summed E-state index contributed by atoms with van der Waals surface area (Å²) in [4.78, 5) is 18.5. The molecule has 1 fully saturated rings. The molecule has 0 saturated carbocycles. The number of rotatable bonds is 2. The molecule has 1 aromatic heterocycles. The van der Waals surface area contributed by atoms with Crippen molar-refractivity contribution < 1.29 is 4.79 Å². The molecule has 0 bridgehead atoms. The predicted octanol–water partition coefficient (Wildman–Crippen LogP) is 1.26. The van der Waals surface area contributed by atoms with Crippen LogP contribution in [0.5, 0.6) is 0 Å². The summed E-state index contributed by atoms with van der Waals surface area (Å²) in [5.41, 5.74) is 12.7. The van der Waals surface area contributed by atoms with E-state index in [4.69, 9.17) is 11.5 Å². The van der Waals surface area contributed by atoms with Gasteiger partial charge in [-0.25, -0.2) is 4.98 Å². The number of aromatic nitrogens is 1. The number of hydrogen-bond acceptors (Lipinski definition) is 4. The van der Waals surface area contributed by atoms with Gasteiger partial charge in [0.2, 0.25) is 5.91 Å². The SMILES string of the molecule is NC(=O)c1cc(N2CCC(N)CC2)nc2ccccc12. The van der Waals surface area contributed by atoms with E-state index in [1.807, 2.05) is 24.3 Å². The minimum absolute atomic E-state index is 0.266. The zero-order valence-electron chi connectivity index (χ0n) is 11.2. The van der Waals surface area contributed by atoms with E-state index in [0.29, 0.717) is 5.56 Å². The monoisotopic (exact) mass is 270 g/mol. The van der Waals surface area contributed by atoms with E-state index >= 15 is 0 Å². The van der Waals surface area contributed by atoms with Crippen molar-refractivity contribution in [2.24, 2.45) is 11.5 Å². The first-order chi connectivity index (χ1) is 9.65. The standard InChI is InChI=1S/C15H18N4O/c16-10-5-7-19(8-6-10)14-9-12(15(17)20)11-3-1-2-4-13(11)18-14/h1-4,9-10H,5-8,16H2,(H2,17,20). The number of amides is 1. The van der Waals surface area contributed by atoms with Crippen molar-refractivity contribution in [3.8, 4) is 0 Å². The lowest BCUT2D eigenvalue weighted by atomic mass is 10.0. The predicted molar refractivity (Wildman–Crippen MR) is 79.7 cm³/mol. The number of fused-ring (bicyclic) bond motifs is 1. The maximum Gasteiger partial charge on any atom is 0.249 e. The highest BCUT2D eigenvalue weighted by Crippen LogP contribution is 2.24. The highest BCUT2D eigenvalue weighted by atomic mass is 16.1. The lowest BCUT2D eigenvalue weighted by molar-refractivity contribution is 0.100. The molecule has 4 N–H and O–H groups in total. The number of nitrogens with zero attached hydrogens (tertiary/aromatic N) is 2. The molecule has 1 saturated heterocycles. The van der Waals surface area contributed by atoms with Gasteiger partial charge < -0.3 is 16.4 Å². The maximum absolute atomic E-state index is 11.7. The highest BCUT2D eigenvalue weighted by molar-refractivity contribution is 6.06. The second kappa shape index (κ2) is 5.09. The van der Waals surface area contributed by atoms with Crippen LogP contribution in [0, 0.1) is 0 Å². The van der Waals surface area contributed by atoms with Gasteiger partial charge in [-0.2, -0.15) is 0 Å². The molecular weight excluding hydrogens is 252 g/mol. The summed E-state index contributed by atoms with van der Waals surface area (Å²) in [5, 5.41) is 0.803. The summed E-state index contributed by atoms with van der Waals surface area (Å²) in [6, 6.07) is 9.63. The molecule has 3 rings (SSSR count). The maximum atomic E-state index is 11.7. The van der Waals surface area contributed by atoms with E-state index in [2.05, 4.69) is 9.88 Å². The second-order valence-corrected chi connectivity index (χ2v) is 5.23. The Kier molecular flexibility index (Phi) is 3.28. The van der Waals surface area contributed by atoms with Crippen molar-refractivity contribution in [3.05, 3.63) is 35.9 Å². The Morgan fingerprint density at radius 3 is 2.65 bits per heavy atom. The third-order valence-corrected chi connectivity index (χ3v) is 3.83. The number of carbonyl (C=O) groups excluding carboxylic acids is 1. The van der Waals surface area contributed by atoms with E-state index in [1.165, 1.54) is 0 Å². The summed E-state index contributed by atoms with van der Waals surface area (Å²) >= 11 is 0. The topological polar surface area (TPSA) is 85.2 Å². The second-order valence-electron chi connectivity index (χ2n) is 5.23. The molecule has 1 aliphatic heterocycles. The van der Waals surface area contributed by atoms with Gasteiger partial charge in [0, 0.05) is 24.5 Å². The molecule has 0 radical (unpaired) electrons. The molecule has 104 valence electrons. The first-order valence-corrected chi connectivity index (χ1v) is 6.85. The molecule has 1 aromatic carbocycles. The van der Waals surface area contributed by atoms with Gasteiger partial charge in [-0.3, -0.25) is 4.79 Å². The minimum Gasteiger partial charge on any atom is -0.366 e. The fourth-order valence-corrected chi connectivity index (χ4v) is 2.66. The van der Waals surface area contributed by atoms with Crippen molar-refractivity contribution in [3.63, 3.8) is 0 Å². The minimum atomic E-state index is -0.418. The number of para-hydroxylation sites is 1. The van der Waals surface area contributed by atoms with Crippen LogP contribution in [0.3, 0.4) is 0 Å². The van der Waals surface area contributed by atoms with E-state index < -0.39 is 5.91 Å². The zero-order chi connectivity index (χ0) is 14.1. The van der Waals surface area contributed by atoms with Crippen molar-refractivity contribution in [1.82, 2.24) is 4.98 Å². The fraction of sp³-hybridized carbons (Fsp3) is 0.333. The largest absolute Gasteiger partial charge is 0.366 e. The smallest absolute Gasteiger partial charge is 0.249 e. The number of nitrogens with two attached hydrogens (primary N) is 2.